The molecule has 8 heteroatoms. The Morgan fingerprint density at radius 1 is 1.03 bits per heavy atom. The highest BCUT2D eigenvalue weighted by molar-refractivity contribution is 6.30. The minimum Gasteiger partial charge on any atom is -0.493 e. The second-order valence-corrected chi connectivity index (χ2v) is 8.46. The summed E-state index contributed by atoms with van der Waals surface area (Å²) in [5, 5.41) is 23.4. The first-order chi connectivity index (χ1) is 15.4. The summed E-state index contributed by atoms with van der Waals surface area (Å²) in [6, 6.07) is 9.73. The summed E-state index contributed by atoms with van der Waals surface area (Å²) in [6.45, 7) is -0.119. The van der Waals surface area contributed by atoms with Crippen LogP contribution >= 0.6 is 11.6 Å². The number of ketones is 1. The predicted octanol–water partition coefficient (Wildman–Crippen LogP) is 3.88. The molecule has 0 amide bonds. The van der Waals surface area contributed by atoms with Crippen molar-refractivity contribution in [2.45, 2.75) is 44.7 Å². The molecule has 0 bridgehead atoms. The van der Waals surface area contributed by atoms with E-state index in [0.717, 1.165) is 32.1 Å². The quantitative estimate of drug-likeness (QED) is 0.432. The molecule has 1 aromatic heterocycles. The number of carbonyl (C=O) groups is 1. The lowest BCUT2D eigenvalue weighted by Gasteiger charge is -2.18. The van der Waals surface area contributed by atoms with Crippen LogP contribution in [0, 0.1) is 0 Å². The molecular formula is C24H27ClN2O5+2. The number of Topliss-reactive ketones (excluding diaryl/α,β-unsaturated/α-hetero) is 1. The fourth-order valence-electron chi connectivity index (χ4n) is 4.43. The molecule has 0 radical (unpaired) electrons. The Kier molecular flexibility index (Phi) is 6.37. The van der Waals surface area contributed by atoms with Gasteiger partial charge in [-0.3, -0.25) is 4.79 Å². The maximum atomic E-state index is 13.1. The summed E-state index contributed by atoms with van der Waals surface area (Å²) in [4.78, 5) is 13.1. The van der Waals surface area contributed by atoms with Gasteiger partial charge in [0.25, 0.3) is 0 Å². The molecule has 0 aliphatic heterocycles. The third-order valence-corrected chi connectivity index (χ3v) is 6.38. The number of aromatic nitrogens is 2. The van der Waals surface area contributed by atoms with Crippen LogP contribution in [-0.4, -0.2) is 30.2 Å². The molecular weight excluding hydrogens is 432 g/mol. The monoisotopic (exact) mass is 458 g/mol. The van der Waals surface area contributed by atoms with E-state index < -0.39 is 0 Å². The van der Waals surface area contributed by atoms with Gasteiger partial charge >= 0.3 is 11.9 Å². The third kappa shape index (κ3) is 4.05. The van der Waals surface area contributed by atoms with Gasteiger partial charge in [-0.15, -0.1) is 0 Å². The molecule has 1 aliphatic rings. The van der Waals surface area contributed by atoms with Crippen LogP contribution in [0.25, 0.3) is 10.9 Å². The van der Waals surface area contributed by atoms with Crippen LogP contribution in [0.2, 0.25) is 5.02 Å². The first-order valence-electron chi connectivity index (χ1n) is 10.7. The van der Waals surface area contributed by atoms with E-state index in [2.05, 4.69) is 0 Å². The van der Waals surface area contributed by atoms with E-state index in [1.165, 1.54) is 18.8 Å². The van der Waals surface area contributed by atoms with Gasteiger partial charge in [0, 0.05) is 29.5 Å². The van der Waals surface area contributed by atoms with E-state index in [1.807, 2.05) is 0 Å². The maximum absolute atomic E-state index is 13.1. The van der Waals surface area contributed by atoms with E-state index in [0.29, 0.717) is 33.0 Å². The lowest BCUT2D eigenvalue weighted by atomic mass is 9.95. The Hall–Kier alpha value is -3.06. The largest absolute Gasteiger partial charge is 0.632 e. The topological polar surface area (TPSA) is 83.8 Å². The SMILES string of the molecule is COc1cc2c(O)[n+](C3CCCCC3)c(O)[n+](CC(=O)c3ccc(Cl)cc3)c2cc1OC. The van der Waals surface area contributed by atoms with E-state index >= 15 is 0 Å². The first-order valence-corrected chi connectivity index (χ1v) is 11.1. The number of hydrogen-bond donors (Lipinski definition) is 2. The van der Waals surface area contributed by atoms with Crippen molar-refractivity contribution in [2.75, 3.05) is 14.2 Å². The second kappa shape index (κ2) is 9.20. The summed E-state index contributed by atoms with van der Waals surface area (Å²) in [6.07, 6.45) is 4.85. The number of carbonyl (C=O) groups excluding carboxylic acids is 1. The fourth-order valence-corrected chi connectivity index (χ4v) is 4.56. The van der Waals surface area contributed by atoms with Crippen molar-refractivity contribution in [1.29, 1.82) is 0 Å². The molecule has 1 heterocycles. The molecule has 2 N–H and O–H groups in total. The van der Waals surface area contributed by atoms with Crippen molar-refractivity contribution >= 4 is 28.3 Å². The predicted molar refractivity (Wildman–Crippen MR) is 119 cm³/mol. The molecule has 168 valence electrons. The van der Waals surface area contributed by atoms with E-state index in [4.69, 9.17) is 21.1 Å². The van der Waals surface area contributed by atoms with Gasteiger partial charge in [0.1, 0.15) is 0 Å². The summed E-state index contributed by atoms with van der Waals surface area (Å²) in [5.41, 5.74) is 0.944. The Morgan fingerprint density at radius 2 is 1.66 bits per heavy atom. The molecule has 0 unspecified atom stereocenters. The number of methoxy groups -OCH3 is 2. The summed E-state index contributed by atoms with van der Waals surface area (Å²) >= 11 is 5.95. The van der Waals surface area contributed by atoms with Crippen molar-refractivity contribution in [3.63, 3.8) is 0 Å². The number of fused-ring (bicyclic) bond motifs is 1. The highest BCUT2D eigenvalue weighted by Crippen LogP contribution is 2.36. The normalized spacial score (nSPS) is 14.5. The zero-order chi connectivity index (χ0) is 22.8. The van der Waals surface area contributed by atoms with Gasteiger partial charge in [0.2, 0.25) is 17.8 Å². The van der Waals surface area contributed by atoms with Crippen LogP contribution in [-0.2, 0) is 6.54 Å². The zero-order valence-corrected chi connectivity index (χ0v) is 18.9. The van der Waals surface area contributed by atoms with Crippen molar-refractivity contribution < 1.29 is 33.6 Å². The number of nitrogens with zero attached hydrogens (tertiary/aromatic N) is 2. The molecule has 2 aromatic carbocycles. The Balaban J connectivity index is 1.91. The van der Waals surface area contributed by atoms with Gasteiger partial charge in [-0.1, -0.05) is 27.2 Å². The summed E-state index contributed by atoms with van der Waals surface area (Å²) in [7, 11) is 3.03. The van der Waals surface area contributed by atoms with Gasteiger partial charge in [0.15, 0.2) is 22.9 Å². The molecule has 1 aliphatic carbocycles. The number of hydrogen-bond acceptors (Lipinski definition) is 5. The highest BCUT2D eigenvalue weighted by atomic mass is 35.5. The Bertz CT molecular complexity index is 1160. The number of benzene rings is 2. The first kappa shape index (κ1) is 22.1. The summed E-state index contributed by atoms with van der Waals surface area (Å²) < 4.78 is 13.9. The van der Waals surface area contributed by atoms with E-state index in [1.54, 1.807) is 41.0 Å². The third-order valence-electron chi connectivity index (χ3n) is 6.13. The number of ether oxygens (including phenoxy) is 2. The second-order valence-electron chi connectivity index (χ2n) is 8.03. The highest BCUT2D eigenvalue weighted by Gasteiger charge is 2.40. The van der Waals surface area contributed by atoms with E-state index in [-0.39, 0.29) is 30.3 Å². The molecule has 0 atom stereocenters. The number of rotatable bonds is 6. The molecule has 32 heavy (non-hydrogen) atoms. The molecule has 1 fully saturated rings. The summed E-state index contributed by atoms with van der Waals surface area (Å²) in [5.74, 6) is 0.633. The van der Waals surface area contributed by atoms with Crippen LogP contribution in [0.5, 0.6) is 23.4 Å². The Morgan fingerprint density at radius 3 is 2.28 bits per heavy atom. The van der Waals surface area contributed by atoms with Crippen molar-refractivity contribution in [3.8, 4) is 23.4 Å². The van der Waals surface area contributed by atoms with Crippen molar-refractivity contribution in [2.24, 2.45) is 0 Å². The van der Waals surface area contributed by atoms with Crippen molar-refractivity contribution in [1.82, 2.24) is 0 Å². The molecule has 1 saturated carbocycles. The molecule has 0 spiro atoms. The van der Waals surface area contributed by atoms with Crippen LogP contribution in [0.3, 0.4) is 0 Å². The van der Waals surface area contributed by atoms with Crippen LogP contribution in [0.1, 0.15) is 48.5 Å². The van der Waals surface area contributed by atoms with Gasteiger partial charge in [-0.05, 0) is 37.1 Å². The van der Waals surface area contributed by atoms with Crippen molar-refractivity contribution in [3.05, 3.63) is 47.0 Å². The Labute approximate surface area is 191 Å². The standard InChI is InChI=1S/C24H25ClN2O5/c1-31-21-12-18-19(13-22(21)32-2)26(14-20(28)15-8-10-16(25)11-9-15)24(30)27(23(18)29)17-6-4-3-5-7-17/h8-13,17H,3-7,14H2,1-2H3/p+2. The lowest BCUT2D eigenvalue weighted by molar-refractivity contribution is -0.830. The number of halogens is 1. The van der Waals surface area contributed by atoms with Gasteiger partial charge in [-0.25, -0.2) is 0 Å². The molecule has 7 nitrogen and oxygen atoms in total. The number of aromatic hydroxyl groups is 2. The molecule has 4 rings (SSSR count). The lowest BCUT2D eigenvalue weighted by Crippen LogP contribution is -2.52. The van der Waals surface area contributed by atoms with Crippen LogP contribution in [0.15, 0.2) is 36.4 Å². The zero-order valence-electron chi connectivity index (χ0n) is 18.2. The van der Waals surface area contributed by atoms with Crippen LogP contribution < -0.4 is 18.6 Å². The van der Waals surface area contributed by atoms with Gasteiger partial charge in [0.05, 0.1) is 20.3 Å². The minimum atomic E-state index is -0.195. The molecule has 0 saturated heterocycles. The smallest absolute Gasteiger partial charge is 0.493 e. The maximum Gasteiger partial charge on any atom is 0.632 e. The van der Waals surface area contributed by atoms with E-state index in [9.17, 15) is 15.0 Å². The minimum absolute atomic E-state index is 0.0551. The average molecular weight is 459 g/mol. The fraction of sp³-hybridized carbons (Fsp3) is 0.375. The average Bonchev–Trinajstić information content (AvgIpc) is 2.82. The van der Waals surface area contributed by atoms with Gasteiger partial charge < -0.3 is 19.7 Å². The molecule has 3 aromatic rings. The van der Waals surface area contributed by atoms with Gasteiger partial charge in [-0.2, -0.15) is 0 Å². The van der Waals surface area contributed by atoms with Crippen LogP contribution in [0.4, 0.5) is 0 Å².